The smallest absolute Gasteiger partial charge is 0.249 e. The van der Waals surface area contributed by atoms with E-state index in [0.717, 1.165) is 9.32 Å². The normalized spacial score (nSPS) is 10.1. The molecule has 0 unspecified atom stereocenters. The van der Waals surface area contributed by atoms with Crippen molar-refractivity contribution in [3.63, 3.8) is 0 Å². The number of benzene rings is 2. The van der Waals surface area contributed by atoms with Crippen molar-refractivity contribution in [3.05, 3.63) is 56.1 Å². The van der Waals surface area contributed by atoms with Crippen molar-refractivity contribution in [2.45, 2.75) is 0 Å². The van der Waals surface area contributed by atoms with E-state index in [2.05, 4.69) is 38.5 Å². The van der Waals surface area contributed by atoms with Crippen molar-refractivity contribution in [3.8, 4) is 11.5 Å². The topological polar surface area (TPSA) is 52.3 Å². The van der Waals surface area contributed by atoms with Gasteiger partial charge in [-0.2, -0.15) is 0 Å². The maximum Gasteiger partial charge on any atom is 0.249 e. The summed E-state index contributed by atoms with van der Waals surface area (Å²) in [7, 11) is 0. The predicted molar refractivity (Wildman–Crippen MR) is 81.9 cm³/mol. The first kappa shape index (κ1) is 13.4. The van der Waals surface area contributed by atoms with Crippen molar-refractivity contribution in [1.82, 2.24) is 0 Å². The number of primary amides is 1. The van der Waals surface area contributed by atoms with Crippen molar-refractivity contribution < 1.29 is 9.53 Å². The number of hydrogen-bond acceptors (Lipinski definition) is 2. The summed E-state index contributed by atoms with van der Waals surface area (Å²) in [5.41, 5.74) is 5.67. The number of hydrogen-bond donors (Lipinski definition) is 1. The van der Waals surface area contributed by atoms with Gasteiger partial charge in [-0.15, -0.1) is 0 Å². The molecule has 0 spiro atoms. The molecule has 18 heavy (non-hydrogen) atoms. The fraction of sp³-hybridized carbons (Fsp3) is 0. The minimum Gasteiger partial charge on any atom is -0.456 e. The summed E-state index contributed by atoms with van der Waals surface area (Å²) >= 11 is 5.50. The first-order valence-electron chi connectivity index (χ1n) is 5.09. The van der Waals surface area contributed by atoms with Gasteiger partial charge in [0.15, 0.2) is 0 Å². The summed E-state index contributed by atoms with van der Waals surface area (Å²) in [6.07, 6.45) is 0. The average Bonchev–Trinajstić information content (AvgIpc) is 2.32. The van der Waals surface area contributed by atoms with Gasteiger partial charge in [-0.1, -0.05) is 12.1 Å². The van der Waals surface area contributed by atoms with E-state index in [4.69, 9.17) is 10.5 Å². The molecule has 2 aromatic rings. The summed E-state index contributed by atoms with van der Waals surface area (Å²) in [6.45, 7) is 0. The maximum atomic E-state index is 11.1. The average molecular weight is 418 g/mol. The number of nitrogens with two attached hydrogens (primary N) is 1. The molecule has 0 atom stereocenters. The lowest BCUT2D eigenvalue weighted by Gasteiger charge is -2.09. The largest absolute Gasteiger partial charge is 0.456 e. The number of amides is 1. The van der Waals surface area contributed by atoms with Gasteiger partial charge in [0, 0.05) is 4.47 Å². The Kier molecular flexibility index (Phi) is 4.23. The highest BCUT2D eigenvalue weighted by molar-refractivity contribution is 14.1. The standard InChI is InChI=1S/C13H9BrINO2/c14-10-7-8(5-6-9(10)13(16)17)18-12-4-2-1-3-11(12)15/h1-7H,(H2,16,17). The van der Waals surface area contributed by atoms with Crippen LogP contribution in [0, 0.1) is 3.57 Å². The number of ether oxygens (including phenoxy) is 1. The van der Waals surface area contributed by atoms with Crippen LogP contribution in [0.15, 0.2) is 46.9 Å². The Hall–Kier alpha value is -1.08. The molecule has 0 aromatic heterocycles. The number of para-hydroxylation sites is 1. The third kappa shape index (κ3) is 3.02. The van der Waals surface area contributed by atoms with E-state index in [0.29, 0.717) is 15.8 Å². The Labute approximate surface area is 127 Å². The van der Waals surface area contributed by atoms with Crippen LogP contribution in [0.25, 0.3) is 0 Å². The Bertz CT molecular complexity index is 601. The van der Waals surface area contributed by atoms with Gasteiger partial charge in [0.2, 0.25) is 5.91 Å². The van der Waals surface area contributed by atoms with Crippen LogP contribution in [-0.2, 0) is 0 Å². The molecule has 0 saturated heterocycles. The molecular weight excluding hydrogens is 409 g/mol. The highest BCUT2D eigenvalue weighted by Gasteiger charge is 2.08. The highest BCUT2D eigenvalue weighted by atomic mass is 127. The van der Waals surface area contributed by atoms with Gasteiger partial charge >= 0.3 is 0 Å². The first-order chi connectivity index (χ1) is 8.58. The van der Waals surface area contributed by atoms with Gasteiger partial charge < -0.3 is 10.5 Å². The zero-order chi connectivity index (χ0) is 13.1. The molecule has 0 aliphatic carbocycles. The predicted octanol–water partition coefficient (Wildman–Crippen LogP) is 3.94. The second kappa shape index (κ2) is 5.71. The first-order valence-corrected chi connectivity index (χ1v) is 6.97. The van der Waals surface area contributed by atoms with E-state index in [9.17, 15) is 4.79 Å². The number of halogens is 2. The molecule has 2 N–H and O–H groups in total. The van der Waals surface area contributed by atoms with Crippen LogP contribution in [0.1, 0.15) is 10.4 Å². The lowest BCUT2D eigenvalue weighted by molar-refractivity contribution is 0.0999. The summed E-state index contributed by atoms with van der Waals surface area (Å²) in [5.74, 6) is 0.954. The minimum absolute atomic E-state index is 0.435. The zero-order valence-corrected chi connectivity index (χ0v) is 12.9. The number of rotatable bonds is 3. The van der Waals surface area contributed by atoms with Gasteiger partial charge in [0.25, 0.3) is 0 Å². The Balaban J connectivity index is 2.29. The summed E-state index contributed by atoms with van der Waals surface area (Å²) in [5, 5.41) is 0. The van der Waals surface area contributed by atoms with Crippen molar-refractivity contribution in [2.24, 2.45) is 5.73 Å². The molecule has 1 amide bonds. The third-order valence-corrected chi connectivity index (χ3v) is 3.82. The van der Waals surface area contributed by atoms with E-state index in [1.165, 1.54) is 0 Å². The fourth-order valence-corrected chi connectivity index (χ4v) is 2.46. The van der Waals surface area contributed by atoms with Crippen molar-refractivity contribution >= 4 is 44.4 Å². The SMILES string of the molecule is NC(=O)c1ccc(Oc2ccccc2I)cc1Br. The monoisotopic (exact) mass is 417 g/mol. The summed E-state index contributed by atoms with van der Waals surface area (Å²) < 4.78 is 7.38. The van der Waals surface area contributed by atoms with E-state index >= 15 is 0 Å². The molecule has 0 bridgehead atoms. The van der Waals surface area contributed by atoms with Crippen LogP contribution in [0.4, 0.5) is 0 Å². The van der Waals surface area contributed by atoms with E-state index < -0.39 is 5.91 Å². The molecule has 2 rings (SSSR count). The van der Waals surface area contributed by atoms with Gasteiger partial charge in [0.1, 0.15) is 11.5 Å². The molecular formula is C13H9BrINO2. The number of carbonyl (C=O) groups excluding carboxylic acids is 1. The molecule has 92 valence electrons. The molecule has 3 nitrogen and oxygen atoms in total. The minimum atomic E-state index is -0.470. The Morgan fingerprint density at radius 3 is 2.56 bits per heavy atom. The van der Waals surface area contributed by atoms with Gasteiger partial charge in [-0.3, -0.25) is 4.79 Å². The van der Waals surface area contributed by atoms with Crippen LogP contribution in [0.2, 0.25) is 0 Å². The van der Waals surface area contributed by atoms with Crippen LogP contribution < -0.4 is 10.5 Å². The molecule has 0 fully saturated rings. The van der Waals surface area contributed by atoms with Crippen LogP contribution >= 0.6 is 38.5 Å². The zero-order valence-electron chi connectivity index (χ0n) is 9.19. The van der Waals surface area contributed by atoms with Crippen LogP contribution in [0.5, 0.6) is 11.5 Å². The maximum absolute atomic E-state index is 11.1. The van der Waals surface area contributed by atoms with Crippen LogP contribution in [-0.4, -0.2) is 5.91 Å². The van der Waals surface area contributed by atoms with Gasteiger partial charge in [0.05, 0.1) is 9.13 Å². The molecule has 5 heteroatoms. The third-order valence-electron chi connectivity index (χ3n) is 2.27. The Morgan fingerprint density at radius 1 is 1.22 bits per heavy atom. The second-order valence-electron chi connectivity index (χ2n) is 3.54. The van der Waals surface area contributed by atoms with Crippen molar-refractivity contribution in [1.29, 1.82) is 0 Å². The molecule has 0 radical (unpaired) electrons. The second-order valence-corrected chi connectivity index (χ2v) is 5.55. The lowest BCUT2D eigenvalue weighted by atomic mass is 10.2. The summed E-state index contributed by atoms with van der Waals surface area (Å²) in [6, 6.07) is 12.8. The van der Waals surface area contributed by atoms with E-state index in [1.807, 2.05) is 24.3 Å². The highest BCUT2D eigenvalue weighted by Crippen LogP contribution is 2.29. The molecule has 0 aliphatic heterocycles. The molecule has 2 aromatic carbocycles. The summed E-state index contributed by atoms with van der Waals surface area (Å²) in [4.78, 5) is 11.1. The molecule has 0 saturated carbocycles. The quantitative estimate of drug-likeness (QED) is 0.769. The van der Waals surface area contributed by atoms with Crippen LogP contribution in [0.3, 0.4) is 0 Å². The number of carbonyl (C=O) groups is 1. The van der Waals surface area contributed by atoms with E-state index in [-0.39, 0.29) is 0 Å². The van der Waals surface area contributed by atoms with E-state index in [1.54, 1.807) is 18.2 Å². The van der Waals surface area contributed by atoms with Crippen molar-refractivity contribution in [2.75, 3.05) is 0 Å². The molecule has 0 aliphatic rings. The van der Waals surface area contributed by atoms with Gasteiger partial charge in [-0.05, 0) is 68.9 Å². The fourth-order valence-electron chi connectivity index (χ4n) is 1.41. The lowest BCUT2D eigenvalue weighted by Crippen LogP contribution is -2.11. The Morgan fingerprint density at radius 2 is 1.94 bits per heavy atom. The molecule has 0 heterocycles. The van der Waals surface area contributed by atoms with Gasteiger partial charge in [-0.25, -0.2) is 0 Å².